The van der Waals surface area contributed by atoms with Crippen molar-refractivity contribution in [2.24, 2.45) is 0 Å². The number of thioether (sulfide) groups is 1. The number of carbonyl (C=O) groups excluding carboxylic acids is 1. The van der Waals surface area contributed by atoms with Crippen molar-refractivity contribution >= 4 is 39.2 Å². The molecule has 1 unspecified atom stereocenters. The van der Waals surface area contributed by atoms with Gasteiger partial charge >= 0.3 is 0 Å². The van der Waals surface area contributed by atoms with Crippen LogP contribution in [-0.4, -0.2) is 23.3 Å². The third-order valence-electron chi connectivity index (χ3n) is 3.55. The van der Waals surface area contributed by atoms with Gasteiger partial charge in [-0.3, -0.25) is 4.79 Å². The minimum Gasteiger partial charge on any atom is -0.497 e. The summed E-state index contributed by atoms with van der Waals surface area (Å²) < 4.78 is 7.19. The topological polar surface area (TPSA) is 51.2 Å². The SMILES string of the molecule is COc1ccc(CNC(=O)C(C)Sc2nc3ccccc3s2)cc1. The van der Waals surface area contributed by atoms with Crippen LogP contribution in [0.15, 0.2) is 52.9 Å². The number of ether oxygens (including phenoxy) is 1. The second-order valence-corrected chi connectivity index (χ2v) is 7.89. The van der Waals surface area contributed by atoms with E-state index in [2.05, 4.69) is 10.3 Å². The van der Waals surface area contributed by atoms with Gasteiger partial charge in [0.2, 0.25) is 5.91 Å². The van der Waals surface area contributed by atoms with Crippen molar-refractivity contribution in [3.63, 3.8) is 0 Å². The van der Waals surface area contributed by atoms with Gasteiger partial charge in [-0.05, 0) is 36.8 Å². The van der Waals surface area contributed by atoms with Gasteiger partial charge in [0.1, 0.15) is 5.75 Å². The fourth-order valence-corrected chi connectivity index (χ4v) is 4.42. The molecule has 4 nitrogen and oxygen atoms in total. The Balaban J connectivity index is 1.55. The van der Waals surface area contributed by atoms with Crippen molar-refractivity contribution in [1.82, 2.24) is 10.3 Å². The molecule has 0 bridgehead atoms. The van der Waals surface area contributed by atoms with Gasteiger partial charge in [-0.1, -0.05) is 36.0 Å². The highest BCUT2D eigenvalue weighted by atomic mass is 32.2. The summed E-state index contributed by atoms with van der Waals surface area (Å²) in [5.74, 6) is 0.819. The second kappa shape index (κ2) is 7.68. The van der Waals surface area contributed by atoms with Crippen LogP contribution in [-0.2, 0) is 11.3 Å². The predicted molar refractivity (Wildman–Crippen MR) is 99.8 cm³/mol. The number of para-hydroxylation sites is 1. The third kappa shape index (κ3) is 4.07. The fraction of sp³-hybridized carbons (Fsp3) is 0.222. The molecule has 1 amide bonds. The van der Waals surface area contributed by atoms with Gasteiger partial charge in [0, 0.05) is 6.54 Å². The number of thiazole rings is 1. The van der Waals surface area contributed by atoms with Crippen LogP contribution in [0.1, 0.15) is 12.5 Å². The molecular formula is C18H18N2O2S2. The van der Waals surface area contributed by atoms with E-state index in [1.165, 1.54) is 11.8 Å². The lowest BCUT2D eigenvalue weighted by Crippen LogP contribution is -2.30. The number of hydrogen-bond acceptors (Lipinski definition) is 5. The van der Waals surface area contributed by atoms with Gasteiger partial charge in [0.05, 0.1) is 22.6 Å². The number of fused-ring (bicyclic) bond motifs is 1. The first-order valence-electron chi connectivity index (χ1n) is 7.58. The van der Waals surface area contributed by atoms with E-state index in [9.17, 15) is 4.79 Å². The lowest BCUT2D eigenvalue weighted by atomic mass is 10.2. The van der Waals surface area contributed by atoms with Crippen LogP contribution in [0.25, 0.3) is 10.2 Å². The number of hydrogen-bond donors (Lipinski definition) is 1. The van der Waals surface area contributed by atoms with Crippen LogP contribution in [0.2, 0.25) is 0 Å². The van der Waals surface area contributed by atoms with Gasteiger partial charge in [0.25, 0.3) is 0 Å². The van der Waals surface area contributed by atoms with Crippen molar-refractivity contribution in [2.75, 3.05) is 7.11 Å². The molecule has 1 heterocycles. The molecule has 0 aliphatic carbocycles. The molecule has 3 rings (SSSR count). The number of methoxy groups -OCH3 is 1. The molecule has 1 N–H and O–H groups in total. The zero-order chi connectivity index (χ0) is 16.9. The molecule has 0 spiro atoms. The number of benzene rings is 2. The number of amides is 1. The summed E-state index contributed by atoms with van der Waals surface area (Å²) in [6.07, 6.45) is 0. The summed E-state index contributed by atoms with van der Waals surface area (Å²) in [5, 5.41) is 2.78. The van der Waals surface area contributed by atoms with E-state index < -0.39 is 0 Å². The highest BCUT2D eigenvalue weighted by Crippen LogP contribution is 2.31. The number of nitrogens with one attached hydrogen (secondary N) is 1. The number of aromatic nitrogens is 1. The van der Waals surface area contributed by atoms with Gasteiger partial charge in [0.15, 0.2) is 4.34 Å². The summed E-state index contributed by atoms with van der Waals surface area (Å²) in [6, 6.07) is 15.7. The standard InChI is InChI=1S/C18H18N2O2S2/c1-12(23-18-20-15-5-3-4-6-16(15)24-18)17(21)19-11-13-7-9-14(22-2)10-8-13/h3-10,12H,11H2,1-2H3,(H,19,21). The zero-order valence-electron chi connectivity index (χ0n) is 13.5. The van der Waals surface area contributed by atoms with Crippen LogP contribution < -0.4 is 10.1 Å². The molecule has 1 aromatic heterocycles. The van der Waals surface area contributed by atoms with Crippen LogP contribution in [0.4, 0.5) is 0 Å². The third-order valence-corrected chi connectivity index (χ3v) is 5.78. The Labute approximate surface area is 149 Å². The normalized spacial score (nSPS) is 12.1. The minimum absolute atomic E-state index is 0.00933. The molecule has 0 saturated heterocycles. The Morgan fingerprint density at radius 3 is 2.71 bits per heavy atom. The quantitative estimate of drug-likeness (QED) is 0.674. The molecule has 0 radical (unpaired) electrons. The van der Waals surface area contributed by atoms with Gasteiger partial charge in [-0.25, -0.2) is 4.98 Å². The maximum atomic E-state index is 12.3. The van der Waals surface area contributed by atoms with Crippen LogP contribution in [0, 0.1) is 0 Å². The van der Waals surface area contributed by atoms with Crippen molar-refractivity contribution in [1.29, 1.82) is 0 Å². The Morgan fingerprint density at radius 2 is 2.00 bits per heavy atom. The average Bonchev–Trinajstić information content (AvgIpc) is 3.02. The van der Waals surface area contributed by atoms with E-state index in [1.807, 2.05) is 55.5 Å². The first kappa shape index (κ1) is 16.8. The van der Waals surface area contributed by atoms with Crippen molar-refractivity contribution in [3.8, 4) is 5.75 Å². The highest BCUT2D eigenvalue weighted by Gasteiger charge is 2.16. The smallest absolute Gasteiger partial charge is 0.233 e. The molecule has 0 aliphatic heterocycles. The van der Waals surface area contributed by atoms with E-state index in [0.29, 0.717) is 6.54 Å². The minimum atomic E-state index is -0.191. The summed E-state index contributed by atoms with van der Waals surface area (Å²) in [4.78, 5) is 16.8. The Bertz CT molecular complexity index is 797. The number of rotatable bonds is 6. The molecule has 0 aliphatic rings. The highest BCUT2D eigenvalue weighted by molar-refractivity contribution is 8.02. The Kier molecular flexibility index (Phi) is 5.37. The van der Waals surface area contributed by atoms with Crippen molar-refractivity contribution in [2.45, 2.75) is 23.1 Å². The summed E-state index contributed by atoms with van der Waals surface area (Å²) in [6.45, 7) is 2.41. The number of carbonyl (C=O) groups is 1. The molecule has 124 valence electrons. The zero-order valence-corrected chi connectivity index (χ0v) is 15.1. The number of nitrogens with zero attached hydrogens (tertiary/aromatic N) is 1. The lowest BCUT2D eigenvalue weighted by Gasteiger charge is -2.10. The van der Waals surface area contributed by atoms with E-state index in [1.54, 1.807) is 18.4 Å². The van der Waals surface area contributed by atoms with Gasteiger partial charge in [-0.2, -0.15) is 0 Å². The molecule has 6 heteroatoms. The lowest BCUT2D eigenvalue weighted by molar-refractivity contribution is -0.120. The predicted octanol–water partition coefficient (Wildman–Crippen LogP) is 4.10. The summed E-state index contributed by atoms with van der Waals surface area (Å²) in [5.41, 5.74) is 2.03. The first-order chi connectivity index (χ1) is 11.7. The van der Waals surface area contributed by atoms with Crippen LogP contribution >= 0.6 is 23.1 Å². The van der Waals surface area contributed by atoms with E-state index >= 15 is 0 Å². The fourth-order valence-electron chi connectivity index (χ4n) is 2.18. The van der Waals surface area contributed by atoms with E-state index in [0.717, 1.165) is 25.9 Å². The Hall–Kier alpha value is -2.05. The summed E-state index contributed by atoms with van der Waals surface area (Å²) >= 11 is 3.11. The monoisotopic (exact) mass is 358 g/mol. The molecule has 1 atom stereocenters. The molecule has 3 aromatic rings. The van der Waals surface area contributed by atoms with Gasteiger partial charge in [-0.15, -0.1) is 11.3 Å². The first-order valence-corrected chi connectivity index (χ1v) is 9.28. The maximum Gasteiger partial charge on any atom is 0.233 e. The summed E-state index contributed by atoms with van der Waals surface area (Å²) in [7, 11) is 1.64. The van der Waals surface area contributed by atoms with Crippen molar-refractivity contribution in [3.05, 3.63) is 54.1 Å². The molecular weight excluding hydrogens is 340 g/mol. The molecule has 0 saturated carbocycles. The van der Waals surface area contributed by atoms with Crippen molar-refractivity contribution < 1.29 is 9.53 Å². The van der Waals surface area contributed by atoms with Gasteiger partial charge < -0.3 is 10.1 Å². The molecule has 2 aromatic carbocycles. The largest absolute Gasteiger partial charge is 0.497 e. The van der Waals surface area contributed by atoms with E-state index in [-0.39, 0.29) is 11.2 Å². The molecule has 0 fully saturated rings. The maximum absolute atomic E-state index is 12.3. The van der Waals surface area contributed by atoms with Crippen LogP contribution in [0.5, 0.6) is 5.75 Å². The Morgan fingerprint density at radius 1 is 1.25 bits per heavy atom. The second-order valence-electron chi connectivity index (χ2n) is 5.27. The average molecular weight is 358 g/mol. The van der Waals surface area contributed by atoms with Crippen LogP contribution in [0.3, 0.4) is 0 Å². The van der Waals surface area contributed by atoms with E-state index in [4.69, 9.17) is 4.74 Å². The molecule has 24 heavy (non-hydrogen) atoms.